The van der Waals surface area contributed by atoms with Gasteiger partial charge in [0.25, 0.3) is 0 Å². The maximum atomic E-state index is 9.44. The molecule has 1 fully saturated rings. The van der Waals surface area contributed by atoms with Gasteiger partial charge in [0.1, 0.15) is 13.6 Å². The van der Waals surface area contributed by atoms with E-state index in [1.54, 1.807) is 6.07 Å². The van der Waals surface area contributed by atoms with Crippen molar-refractivity contribution in [2.45, 2.75) is 12.8 Å². The molecule has 0 aliphatic heterocycles. The fourth-order valence-corrected chi connectivity index (χ4v) is 2.57. The van der Waals surface area contributed by atoms with Crippen LogP contribution < -0.4 is 0 Å². The number of rotatable bonds is 2. The zero-order valence-electron chi connectivity index (χ0n) is 8.57. The summed E-state index contributed by atoms with van der Waals surface area (Å²) >= 11 is 5.88. The van der Waals surface area contributed by atoms with E-state index < -0.39 is 0 Å². The van der Waals surface area contributed by atoms with Gasteiger partial charge in [0.15, 0.2) is 0 Å². The summed E-state index contributed by atoms with van der Waals surface area (Å²) in [6.07, 6.45) is 0. The molecule has 76 valence electrons. The van der Waals surface area contributed by atoms with E-state index in [1.807, 2.05) is 6.07 Å². The monoisotopic (exact) mass is 218 g/mol. The molecule has 0 saturated heterocycles. The minimum absolute atomic E-state index is 0.206. The highest BCUT2D eigenvalue weighted by molar-refractivity contribution is 6.30. The molecule has 2 rings (SSSR count). The number of halogens is 1. The third-order valence-corrected chi connectivity index (χ3v) is 3.32. The molecule has 15 heavy (non-hydrogen) atoms. The Morgan fingerprint density at radius 1 is 1.47 bits per heavy atom. The van der Waals surface area contributed by atoms with Crippen LogP contribution in [-0.2, 0) is 0 Å². The number of phenols is 1. The highest BCUT2D eigenvalue weighted by Crippen LogP contribution is 2.56. The fourth-order valence-electron chi connectivity index (χ4n) is 2.33. The molecule has 1 aliphatic rings. The van der Waals surface area contributed by atoms with E-state index in [9.17, 15) is 5.11 Å². The third-order valence-electron chi connectivity index (χ3n) is 3.10. The first kappa shape index (κ1) is 10.6. The van der Waals surface area contributed by atoms with Gasteiger partial charge in [0, 0.05) is 5.02 Å². The second kappa shape index (κ2) is 3.60. The lowest BCUT2D eigenvalue weighted by atomic mass is 9.90. The number of benzene rings is 1. The first-order valence-corrected chi connectivity index (χ1v) is 5.32. The summed E-state index contributed by atoms with van der Waals surface area (Å²) < 4.78 is 0. The van der Waals surface area contributed by atoms with Crippen molar-refractivity contribution in [1.82, 2.24) is 0 Å². The molecule has 1 aromatic carbocycles. The van der Waals surface area contributed by atoms with Crippen LogP contribution in [0, 0.1) is 11.8 Å². The van der Waals surface area contributed by atoms with E-state index in [0.29, 0.717) is 28.2 Å². The molecule has 3 heteroatoms. The minimum atomic E-state index is 0.206. The highest BCUT2D eigenvalue weighted by atomic mass is 35.5. The maximum Gasteiger partial charge on any atom is 0.117 e. The Hall–Kier alpha value is -0.885. The summed E-state index contributed by atoms with van der Waals surface area (Å²) in [6, 6.07) is 5.16. The predicted molar refractivity (Wildman–Crippen MR) is 63.4 cm³/mol. The molecule has 3 unspecified atom stereocenters. The molecule has 0 bridgehead atoms. The van der Waals surface area contributed by atoms with Crippen molar-refractivity contribution in [2.24, 2.45) is 11.8 Å². The maximum absolute atomic E-state index is 9.44. The Kier molecular flexibility index (Phi) is 2.55. The summed E-state index contributed by atoms with van der Waals surface area (Å²) in [6.45, 7) is 5.90. The van der Waals surface area contributed by atoms with Gasteiger partial charge >= 0.3 is 0 Å². The van der Waals surface area contributed by atoms with Crippen molar-refractivity contribution in [3.05, 3.63) is 40.8 Å². The molecular formula is C12H12BClO. The number of phenolic OH excluding ortho intramolecular Hbond substituents is 1. The Labute approximate surface area is 96.2 Å². The minimum Gasteiger partial charge on any atom is -0.508 e. The van der Waals surface area contributed by atoms with Crippen molar-refractivity contribution in [1.29, 1.82) is 0 Å². The van der Waals surface area contributed by atoms with Gasteiger partial charge in [0.2, 0.25) is 0 Å². The Bertz CT molecular complexity index is 396. The molecule has 1 aliphatic carbocycles. The van der Waals surface area contributed by atoms with Crippen LogP contribution in [0.4, 0.5) is 0 Å². The van der Waals surface area contributed by atoms with Crippen molar-refractivity contribution < 1.29 is 5.11 Å². The van der Waals surface area contributed by atoms with Crippen LogP contribution in [0.1, 0.15) is 18.4 Å². The van der Waals surface area contributed by atoms with Crippen LogP contribution in [0.25, 0.3) is 0 Å². The molecule has 0 amide bonds. The molecule has 1 saturated carbocycles. The van der Waals surface area contributed by atoms with Gasteiger partial charge in [-0.15, -0.1) is 12.1 Å². The smallest absolute Gasteiger partial charge is 0.117 e. The number of hydrogen-bond donors (Lipinski definition) is 1. The van der Waals surface area contributed by atoms with Gasteiger partial charge in [-0.2, -0.15) is 0 Å². The zero-order chi connectivity index (χ0) is 11.2. The van der Waals surface area contributed by atoms with Gasteiger partial charge in [-0.05, 0) is 41.5 Å². The molecule has 0 spiro atoms. The van der Waals surface area contributed by atoms with E-state index in [-0.39, 0.29) is 5.75 Å². The lowest BCUT2D eigenvalue weighted by Gasteiger charge is -2.02. The largest absolute Gasteiger partial charge is 0.508 e. The highest BCUT2D eigenvalue weighted by Gasteiger charge is 2.47. The van der Waals surface area contributed by atoms with E-state index in [2.05, 4.69) is 13.5 Å². The Morgan fingerprint density at radius 3 is 2.60 bits per heavy atom. The molecule has 1 N–H and O–H groups in total. The number of aromatic hydroxyl groups is 1. The number of allylic oxidation sites excluding steroid dienone is 1. The van der Waals surface area contributed by atoms with Gasteiger partial charge in [-0.25, -0.2) is 0 Å². The van der Waals surface area contributed by atoms with Crippen LogP contribution in [0.3, 0.4) is 0 Å². The molecule has 1 nitrogen and oxygen atoms in total. The van der Waals surface area contributed by atoms with Gasteiger partial charge < -0.3 is 5.11 Å². The van der Waals surface area contributed by atoms with Gasteiger partial charge in [0.05, 0.1) is 0 Å². The van der Waals surface area contributed by atoms with Crippen LogP contribution in [0.5, 0.6) is 5.75 Å². The second-order valence-corrected chi connectivity index (χ2v) is 4.66. The fraction of sp³-hybridized carbons (Fsp3) is 0.333. The first-order valence-electron chi connectivity index (χ1n) is 4.94. The molecule has 3 atom stereocenters. The molecule has 1 aromatic rings. The average molecular weight is 218 g/mol. The van der Waals surface area contributed by atoms with Gasteiger partial charge in [-0.1, -0.05) is 18.5 Å². The summed E-state index contributed by atoms with van der Waals surface area (Å²) in [7, 11) is 5.70. The third kappa shape index (κ3) is 1.91. The Balaban J connectivity index is 2.29. The molecular weight excluding hydrogens is 206 g/mol. The number of hydrogen-bond acceptors (Lipinski definition) is 1. The molecule has 0 aromatic heterocycles. The van der Waals surface area contributed by atoms with E-state index in [1.165, 1.54) is 6.07 Å². The lowest BCUT2D eigenvalue weighted by molar-refractivity contribution is 0.474. The first-order chi connectivity index (χ1) is 7.00. The van der Waals surface area contributed by atoms with Crippen LogP contribution in [-0.4, -0.2) is 13.0 Å². The Morgan fingerprint density at radius 2 is 2.13 bits per heavy atom. The predicted octanol–water partition coefficient (Wildman–Crippen LogP) is 3.08. The lowest BCUT2D eigenvalue weighted by Crippen LogP contribution is -1.87. The molecule has 2 radical (unpaired) electrons. The van der Waals surface area contributed by atoms with Crippen molar-refractivity contribution in [3.63, 3.8) is 0 Å². The van der Waals surface area contributed by atoms with Crippen LogP contribution >= 0.6 is 11.6 Å². The van der Waals surface area contributed by atoms with Crippen molar-refractivity contribution in [3.8, 4) is 5.75 Å². The average Bonchev–Trinajstić information content (AvgIpc) is 2.75. The van der Waals surface area contributed by atoms with Crippen molar-refractivity contribution in [2.75, 3.05) is 0 Å². The van der Waals surface area contributed by atoms with E-state index in [4.69, 9.17) is 19.4 Å². The zero-order valence-corrected chi connectivity index (χ0v) is 9.33. The SMILES string of the molecule is [B]C(=C)C1C(C)C1c1cc(O)cc(Cl)c1. The van der Waals surface area contributed by atoms with E-state index in [0.717, 1.165) is 5.56 Å². The van der Waals surface area contributed by atoms with E-state index >= 15 is 0 Å². The van der Waals surface area contributed by atoms with Gasteiger partial charge in [-0.3, -0.25) is 0 Å². The normalized spacial score (nSPS) is 28.8. The topological polar surface area (TPSA) is 20.2 Å². The van der Waals surface area contributed by atoms with Crippen LogP contribution in [0.15, 0.2) is 30.3 Å². The quantitative estimate of drug-likeness (QED) is 0.757. The summed E-state index contributed by atoms with van der Waals surface area (Å²) in [4.78, 5) is 0. The standard InChI is InChI=1S/C12H12BClO/c1-6-11(7(2)13)12(6)8-3-9(14)5-10(15)4-8/h3-6,11-12,15H,2H2,1H3. The van der Waals surface area contributed by atoms with Crippen molar-refractivity contribution >= 4 is 19.4 Å². The summed E-state index contributed by atoms with van der Waals surface area (Å²) in [5, 5.41) is 10.0. The summed E-state index contributed by atoms with van der Waals surface area (Å²) in [5.74, 6) is 1.37. The van der Waals surface area contributed by atoms with Crippen LogP contribution in [0.2, 0.25) is 5.02 Å². The second-order valence-electron chi connectivity index (χ2n) is 4.23. The summed E-state index contributed by atoms with van der Waals surface area (Å²) in [5.41, 5.74) is 1.76. The molecule has 0 heterocycles.